The number of hydrogen-bond acceptors (Lipinski definition) is 3. The summed E-state index contributed by atoms with van der Waals surface area (Å²) in [5, 5.41) is 11.1. The highest BCUT2D eigenvalue weighted by molar-refractivity contribution is 5.43. The minimum absolute atomic E-state index is 0.737. The number of hydrogen-bond donors (Lipinski definition) is 1. The van der Waals surface area contributed by atoms with E-state index in [4.69, 9.17) is 9.47 Å². The van der Waals surface area contributed by atoms with E-state index in [1.807, 2.05) is 18.2 Å². The largest absolute Gasteiger partial charge is 0.497 e. The Kier molecular flexibility index (Phi) is 6.86. The van der Waals surface area contributed by atoms with Gasteiger partial charge in [0, 0.05) is 5.56 Å². The van der Waals surface area contributed by atoms with Gasteiger partial charge in [-0.1, -0.05) is 39.5 Å². The Balaban J connectivity index is 3.15. The number of ether oxygens (including phenoxy) is 2. The molecule has 20 heavy (non-hydrogen) atoms. The van der Waals surface area contributed by atoms with Gasteiger partial charge in [0.1, 0.15) is 11.5 Å². The van der Waals surface area contributed by atoms with Gasteiger partial charge in [0.2, 0.25) is 0 Å². The van der Waals surface area contributed by atoms with Gasteiger partial charge in [0.25, 0.3) is 0 Å². The van der Waals surface area contributed by atoms with Crippen LogP contribution < -0.4 is 9.47 Å². The molecule has 1 N–H and O–H groups in total. The van der Waals surface area contributed by atoms with Gasteiger partial charge < -0.3 is 14.6 Å². The molecule has 1 rings (SSSR count). The minimum Gasteiger partial charge on any atom is -0.497 e. The molecule has 0 aliphatic heterocycles. The third-order valence-corrected chi connectivity index (χ3v) is 3.80. The lowest BCUT2D eigenvalue weighted by molar-refractivity contribution is 0.0118. The first-order valence-electron chi connectivity index (χ1n) is 7.56. The van der Waals surface area contributed by atoms with Crippen LogP contribution in [0.2, 0.25) is 0 Å². The highest BCUT2D eigenvalue weighted by Crippen LogP contribution is 2.39. The highest BCUT2D eigenvalue weighted by Gasteiger charge is 2.31. The molecule has 0 amide bonds. The van der Waals surface area contributed by atoms with Crippen molar-refractivity contribution in [1.82, 2.24) is 0 Å². The van der Waals surface area contributed by atoms with Crippen molar-refractivity contribution in [3.05, 3.63) is 23.8 Å². The molecular formula is C17H28O3. The topological polar surface area (TPSA) is 38.7 Å². The number of unbranched alkanes of at least 4 members (excludes halogenated alkanes) is 2. The van der Waals surface area contributed by atoms with Crippen LogP contribution in [0.1, 0.15) is 57.9 Å². The quantitative estimate of drug-likeness (QED) is 0.734. The Morgan fingerprint density at radius 2 is 1.60 bits per heavy atom. The smallest absolute Gasteiger partial charge is 0.125 e. The molecule has 3 heteroatoms. The van der Waals surface area contributed by atoms with Gasteiger partial charge in [-0.2, -0.15) is 0 Å². The van der Waals surface area contributed by atoms with Crippen molar-refractivity contribution in [3.63, 3.8) is 0 Å². The molecule has 0 aliphatic rings. The van der Waals surface area contributed by atoms with E-state index >= 15 is 0 Å². The van der Waals surface area contributed by atoms with E-state index in [0.29, 0.717) is 0 Å². The van der Waals surface area contributed by atoms with Crippen molar-refractivity contribution >= 4 is 0 Å². The van der Waals surface area contributed by atoms with Crippen LogP contribution >= 0.6 is 0 Å². The van der Waals surface area contributed by atoms with Crippen LogP contribution in [-0.4, -0.2) is 19.3 Å². The summed E-state index contributed by atoms with van der Waals surface area (Å²) in [5.74, 6) is 1.49. The molecule has 114 valence electrons. The fourth-order valence-corrected chi connectivity index (χ4v) is 2.51. The molecule has 0 spiro atoms. The molecule has 1 aromatic carbocycles. The third-order valence-electron chi connectivity index (χ3n) is 3.80. The molecule has 1 aromatic rings. The fraction of sp³-hybridized carbons (Fsp3) is 0.647. The van der Waals surface area contributed by atoms with Crippen molar-refractivity contribution in [2.24, 2.45) is 0 Å². The molecule has 0 heterocycles. The second-order valence-electron chi connectivity index (χ2n) is 5.30. The van der Waals surface area contributed by atoms with E-state index < -0.39 is 5.60 Å². The van der Waals surface area contributed by atoms with Gasteiger partial charge in [-0.05, 0) is 31.0 Å². The highest BCUT2D eigenvalue weighted by atomic mass is 16.5. The monoisotopic (exact) mass is 280 g/mol. The van der Waals surface area contributed by atoms with Crippen LogP contribution in [-0.2, 0) is 5.60 Å². The SMILES string of the molecule is CCCCC(O)(CCCC)c1cc(OC)ccc1OC. The molecule has 0 aromatic heterocycles. The molecule has 0 atom stereocenters. The lowest BCUT2D eigenvalue weighted by atomic mass is 9.83. The molecule has 0 unspecified atom stereocenters. The van der Waals surface area contributed by atoms with Crippen molar-refractivity contribution < 1.29 is 14.6 Å². The van der Waals surface area contributed by atoms with Gasteiger partial charge >= 0.3 is 0 Å². The summed E-state index contributed by atoms with van der Waals surface area (Å²) in [7, 11) is 3.29. The van der Waals surface area contributed by atoms with Crippen LogP contribution in [0, 0.1) is 0 Å². The van der Waals surface area contributed by atoms with Gasteiger partial charge in [0.15, 0.2) is 0 Å². The first-order chi connectivity index (χ1) is 9.61. The van der Waals surface area contributed by atoms with E-state index in [1.54, 1.807) is 14.2 Å². The Morgan fingerprint density at radius 3 is 2.05 bits per heavy atom. The predicted octanol–water partition coefficient (Wildman–Crippen LogP) is 4.27. The van der Waals surface area contributed by atoms with Crippen molar-refractivity contribution in [3.8, 4) is 11.5 Å². The maximum absolute atomic E-state index is 11.1. The third kappa shape index (κ3) is 4.14. The Morgan fingerprint density at radius 1 is 1.00 bits per heavy atom. The first-order valence-corrected chi connectivity index (χ1v) is 7.56. The average molecular weight is 280 g/mol. The molecule has 0 saturated carbocycles. The Bertz CT molecular complexity index is 393. The summed E-state index contributed by atoms with van der Waals surface area (Å²) in [6.07, 6.45) is 5.66. The summed E-state index contributed by atoms with van der Waals surface area (Å²) in [4.78, 5) is 0. The van der Waals surface area contributed by atoms with Crippen LogP contribution in [0.3, 0.4) is 0 Å². The van der Waals surface area contributed by atoms with E-state index in [2.05, 4.69) is 13.8 Å². The number of aliphatic hydroxyl groups is 1. The van der Waals surface area contributed by atoms with Gasteiger partial charge in [0.05, 0.1) is 19.8 Å². The summed E-state index contributed by atoms with van der Waals surface area (Å²) in [6.45, 7) is 4.28. The number of rotatable bonds is 9. The maximum Gasteiger partial charge on any atom is 0.125 e. The lowest BCUT2D eigenvalue weighted by Crippen LogP contribution is -2.26. The Labute approximate surface area is 122 Å². The number of methoxy groups -OCH3 is 2. The summed E-state index contributed by atoms with van der Waals surface area (Å²) in [5.41, 5.74) is 0.0209. The summed E-state index contributed by atoms with van der Waals surface area (Å²) in [6, 6.07) is 5.64. The van der Waals surface area contributed by atoms with Gasteiger partial charge in [-0.15, -0.1) is 0 Å². The Hall–Kier alpha value is -1.22. The first kappa shape index (κ1) is 16.8. The van der Waals surface area contributed by atoms with Crippen LogP contribution in [0.5, 0.6) is 11.5 Å². The fourth-order valence-electron chi connectivity index (χ4n) is 2.51. The van der Waals surface area contributed by atoms with Crippen molar-refractivity contribution in [1.29, 1.82) is 0 Å². The standard InChI is InChI=1S/C17H28O3/c1-5-7-11-17(18,12-8-6-2)15-13-14(19-3)9-10-16(15)20-4/h9-10,13,18H,5-8,11-12H2,1-4H3. The van der Waals surface area contributed by atoms with Crippen LogP contribution in [0.4, 0.5) is 0 Å². The molecule has 3 nitrogen and oxygen atoms in total. The van der Waals surface area contributed by atoms with Gasteiger partial charge in [-0.25, -0.2) is 0 Å². The maximum atomic E-state index is 11.1. The summed E-state index contributed by atoms with van der Waals surface area (Å²) >= 11 is 0. The van der Waals surface area contributed by atoms with Gasteiger partial charge in [-0.3, -0.25) is 0 Å². The molecule has 0 bridgehead atoms. The molecule has 0 radical (unpaired) electrons. The molecular weight excluding hydrogens is 252 g/mol. The zero-order valence-electron chi connectivity index (χ0n) is 13.2. The van der Waals surface area contributed by atoms with Crippen molar-refractivity contribution in [2.75, 3.05) is 14.2 Å². The van der Waals surface area contributed by atoms with E-state index in [9.17, 15) is 5.11 Å². The lowest BCUT2D eigenvalue weighted by Gasteiger charge is -2.30. The molecule has 0 fully saturated rings. The van der Waals surface area contributed by atoms with Crippen LogP contribution in [0.25, 0.3) is 0 Å². The van der Waals surface area contributed by atoms with Crippen molar-refractivity contribution in [2.45, 2.75) is 58.0 Å². The minimum atomic E-state index is -0.827. The average Bonchev–Trinajstić information content (AvgIpc) is 2.50. The summed E-state index contributed by atoms with van der Waals surface area (Å²) < 4.78 is 10.7. The molecule has 0 aliphatic carbocycles. The zero-order chi connectivity index (χ0) is 15.0. The zero-order valence-corrected chi connectivity index (χ0v) is 13.2. The predicted molar refractivity (Wildman–Crippen MR) is 82.5 cm³/mol. The van der Waals surface area contributed by atoms with E-state index in [-0.39, 0.29) is 0 Å². The van der Waals surface area contributed by atoms with E-state index in [1.165, 1.54) is 0 Å². The molecule has 0 saturated heterocycles. The van der Waals surface area contributed by atoms with E-state index in [0.717, 1.165) is 55.6 Å². The second-order valence-corrected chi connectivity index (χ2v) is 5.30. The van der Waals surface area contributed by atoms with Crippen LogP contribution in [0.15, 0.2) is 18.2 Å². The number of benzene rings is 1. The second kappa shape index (κ2) is 8.15. The normalized spacial score (nSPS) is 11.4.